The van der Waals surface area contributed by atoms with Gasteiger partial charge in [-0.1, -0.05) is 0 Å². The lowest BCUT2D eigenvalue weighted by molar-refractivity contribution is -0.354. The summed E-state index contributed by atoms with van der Waals surface area (Å²) in [6, 6.07) is 7.31. The van der Waals surface area contributed by atoms with Gasteiger partial charge in [-0.2, -0.15) is 0 Å². The quantitative estimate of drug-likeness (QED) is 0.159. The first kappa shape index (κ1) is 30.0. The lowest BCUT2D eigenvalue weighted by Crippen LogP contribution is -2.64. The Balaban J connectivity index is 1.60. The Labute approximate surface area is 236 Å². The standard InChI is InChI=1S/C27H30O15/c1-9-17(32)20(35)22(37)26(38-9)42-25-21(36)18(33)15(8-28)40-27(25)41-24-19(34)16-13(31)6-12(30)7-14(16)39-23(24)10-2-4-11(29)5-3-10/h2-7,9,15,17-18,20-22,25-33,35-37H,8H2,1H3/t9-,15-,17-,18-,20+,21+,22+,25-,26-,27+/m0/s1. The van der Waals surface area contributed by atoms with Crippen LogP contribution in [-0.4, -0.2) is 114 Å². The van der Waals surface area contributed by atoms with Crippen molar-refractivity contribution >= 4 is 11.0 Å². The summed E-state index contributed by atoms with van der Waals surface area (Å²) in [6.07, 6.45) is -16.3. The van der Waals surface area contributed by atoms with Crippen molar-refractivity contribution in [1.82, 2.24) is 0 Å². The molecule has 10 atom stereocenters. The minimum atomic E-state index is -1.87. The number of benzene rings is 2. The van der Waals surface area contributed by atoms with E-state index in [1.165, 1.54) is 31.2 Å². The molecular weight excluding hydrogens is 564 g/mol. The van der Waals surface area contributed by atoms with Crippen LogP contribution in [0.5, 0.6) is 23.0 Å². The zero-order valence-corrected chi connectivity index (χ0v) is 21.9. The second kappa shape index (κ2) is 11.6. The minimum Gasteiger partial charge on any atom is -0.508 e. The second-order valence-corrected chi connectivity index (χ2v) is 10.1. The molecule has 3 aromatic rings. The van der Waals surface area contributed by atoms with Crippen LogP contribution in [0.25, 0.3) is 22.3 Å². The van der Waals surface area contributed by atoms with Crippen molar-refractivity contribution in [1.29, 1.82) is 0 Å². The molecule has 15 nitrogen and oxygen atoms in total. The lowest BCUT2D eigenvalue weighted by Gasteiger charge is -2.45. The molecule has 0 aliphatic carbocycles. The minimum absolute atomic E-state index is 0.112. The molecular formula is C27H30O15. The van der Waals surface area contributed by atoms with Gasteiger partial charge in [-0.15, -0.1) is 0 Å². The van der Waals surface area contributed by atoms with Gasteiger partial charge in [-0.3, -0.25) is 4.79 Å². The number of phenols is 3. The summed E-state index contributed by atoms with van der Waals surface area (Å²) in [7, 11) is 0. The number of rotatable bonds is 6. The van der Waals surface area contributed by atoms with Gasteiger partial charge in [-0.05, 0) is 31.2 Å². The van der Waals surface area contributed by atoms with Gasteiger partial charge in [0.15, 0.2) is 18.2 Å². The Morgan fingerprint density at radius 2 is 1.50 bits per heavy atom. The Kier molecular flexibility index (Phi) is 8.30. The average molecular weight is 595 g/mol. The highest BCUT2D eigenvalue weighted by atomic mass is 16.8. The molecule has 15 heteroatoms. The van der Waals surface area contributed by atoms with E-state index < -0.39 is 96.1 Å². The summed E-state index contributed by atoms with van der Waals surface area (Å²) < 4.78 is 28.5. The maximum atomic E-state index is 13.7. The van der Waals surface area contributed by atoms with E-state index in [9.17, 15) is 50.8 Å². The maximum absolute atomic E-state index is 13.7. The highest BCUT2D eigenvalue weighted by Gasteiger charge is 2.51. The third kappa shape index (κ3) is 5.37. The van der Waals surface area contributed by atoms with Crippen molar-refractivity contribution < 1.29 is 69.3 Å². The molecule has 0 bridgehead atoms. The molecule has 0 saturated carbocycles. The number of hydrogen-bond donors (Lipinski definition) is 9. The van der Waals surface area contributed by atoms with Crippen molar-refractivity contribution in [2.75, 3.05) is 6.61 Å². The Hall–Kier alpha value is -3.51. The van der Waals surface area contributed by atoms with Gasteiger partial charge in [0.1, 0.15) is 64.8 Å². The van der Waals surface area contributed by atoms with Crippen LogP contribution < -0.4 is 10.2 Å². The number of ether oxygens (including phenoxy) is 4. The van der Waals surface area contributed by atoms with Crippen LogP contribution in [0.4, 0.5) is 0 Å². The molecule has 3 heterocycles. The molecule has 2 aromatic carbocycles. The summed E-state index contributed by atoms with van der Waals surface area (Å²) in [4.78, 5) is 13.7. The van der Waals surface area contributed by atoms with E-state index in [1.54, 1.807) is 0 Å². The zero-order valence-electron chi connectivity index (χ0n) is 21.9. The first-order chi connectivity index (χ1) is 19.9. The molecule has 2 fully saturated rings. The molecule has 2 aliphatic rings. The number of aliphatic hydroxyl groups is 6. The Morgan fingerprint density at radius 3 is 2.17 bits per heavy atom. The van der Waals surface area contributed by atoms with Gasteiger partial charge in [-0.25, -0.2) is 0 Å². The molecule has 9 N–H and O–H groups in total. The summed E-state index contributed by atoms with van der Waals surface area (Å²) in [5.74, 6) is -2.03. The number of phenolic OH excluding ortho intramolecular Hbond substituents is 3. The van der Waals surface area contributed by atoms with Crippen molar-refractivity contribution in [2.24, 2.45) is 0 Å². The highest BCUT2D eigenvalue weighted by molar-refractivity contribution is 5.88. The first-order valence-corrected chi connectivity index (χ1v) is 12.9. The normalized spacial score (nSPS) is 33.5. The van der Waals surface area contributed by atoms with E-state index >= 15 is 0 Å². The summed E-state index contributed by atoms with van der Waals surface area (Å²) in [5, 5.41) is 91.6. The van der Waals surface area contributed by atoms with E-state index in [0.717, 1.165) is 12.1 Å². The van der Waals surface area contributed by atoms with Gasteiger partial charge in [0, 0.05) is 17.7 Å². The summed E-state index contributed by atoms with van der Waals surface area (Å²) >= 11 is 0. The van der Waals surface area contributed by atoms with Crippen LogP contribution in [0.3, 0.4) is 0 Å². The van der Waals surface area contributed by atoms with Crippen LogP contribution in [0.2, 0.25) is 0 Å². The predicted octanol–water partition coefficient (Wildman–Crippen LogP) is -1.39. The predicted molar refractivity (Wildman–Crippen MR) is 139 cm³/mol. The Morgan fingerprint density at radius 1 is 0.810 bits per heavy atom. The zero-order chi connectivity index (χ0) is 30.5. The SMILES string of the molecule is C[C@@H]1O[C@@H](O[C@@H]2[C@@H](Oc3c(-c4ccc(O)cc4)oc4cc(O)cc(O)c4c3=O)O[C@@H](CO)[C@H](O)[C@H]2O)[C@H](O)[C@H](O)[C@H]1O. The third-order valence-electron chi connectivity index (χ3n) is 7.21. The topological polar surface area (TPSA) is 249 Å². The number of aromatic hydroxyl groups is 3. The smallest absolute Gasteiger partial charge is 0.239 e. The molecule has 0 radical (unpaired) electrons. The second-order valence-electron chi connectivity index (χ2n) is 10.1. The van der Waals surface area contributed by atoms with Crippen LogP contribution in [0.15, 0.2) is 45.6 Å². The van der Waals surface area contributed by atoms with E-state index in [2.05, 4.69) is 0 Å². The van der Waals surface area contributed by atoms with Crippen molar-refractivity contribution in [2.45, 2.75) is 68.3 Å². The number of hydrogen-bond acceptors (Lipinski definition) is 15. The Bertz CT molecular complexity index is 1470. The molecule has 228 valence electrons. The van der Waals surface area contributed by atoms with E-state index in [4.69, 9.17) is 23.4 Å². The van der Waals surface area contributed by atoms with Crippen LogP contribution in [0, 0.1) is 0 Å². The first-order valence-electron chi connectivity index (χ1n) is 12.9. The van der Waals surface area contributed by atoms with Gasteiger partial charge in [0.25, 0.3) is 0 Å². The largest absolute Gasteiger partial charge is 0.508 e. The monoisotopic (exact) mass is 594 g/mol. The van der Waals surface area contributed by atoms with E-state index in [-0.39, 0.29) is 22.7 Å². The highest BCUT2D eigenvalue weighted by Crippen LogP contribution is 2.38. The molecule has 0 unspecified atom stereocenters. The fraction of sp³-hybridized carbons (Fsp3) is 0.444. The number of fused-ring (bicyclic) bond motifs is 1. The third-order valence-corrected chi connectivity index (χ3v) is 7.21. The van der Waals surface area contributed by atoms with Gasteiger partial charge in [0.2, 0.25) is 17.5 Å². The van der Waals surface area contributed by atoms with Gasteiger partial charge < -0.3 is 69.3 Å². The van der Waals surface area contributed by atoms with Crippen LogP contribution in [0.1, 0.15) is 6.92 Å². The molecule has 2 aliphatic heterocycles. The lowest BCUT2D eigenvalue weighted by atomic mass is 9.97. The van der Waals surface area contributed by atoms with Gasteiger partial charge in [0.05, 0.1) is 12.7 Å². The summed E-state index contributed by atoms with van der Waals surface area (Å²) in [6.45, 7) is 0.593. The van der Waals surface area contributed by atoms with Crippen LogP contribution >= 0.6 is 0 Å². The van der Waals surface area contributed by atoms with Crippen molar-refractivity contribution in [3.63, 3.8) is 0 Å². The summed E-state index contributed by atoms with van der Waals surface area (Å²) in [5.41, 5.74) is -0.995. The molecule has 42 heavy (non-hydrogen) atoms. The molecule has 5 rings (SSSR count). The average Bonchev–Trinajstić information content (AvgIpc) is 2.95. The van der Waals surface area contributed by atoms with Gasteiger partial charge >= 0.3 is 0 Å². The van der Waals surface area contributed by atoms with Crippen LogP contribution in [-0.2, 0) is 14.2 Å². The van der Waals surface area contributed by atoms with Crippen molar-refractivity contribution in [3.05, 3.63) is 46.6 Å². The molecule has 0 spiro atoms. The van der Waals surface area contributed by atoms with E-state index in [1.807, 2.05) is 0 Å². The van der Waals surface area contributed by atoms with Crippen molar-refractivity contribution in [3.8, 4) is 34.3 Å². The molecule has 0 amide bonds. The fourth-order valence-electron chi connectivity index (χ4n) is 4.87. The molecule has 2 saturated heterocycles. The number of aliphatic hydroxyl groups excluding tert-OH is 6. The molecule has 1 aromatic heterocycles. The fourth-order valence-corrected chi connectivity index (χ4v) is 4.87. The van der Waals surface area contributed by atoms with E-state index in [0.29, 0.717) is 0 Å². The maximum Gasteiger partial charge on any atom is 0.239 e.